The van der Waals surface area contributed by atoms with Gasteiger partial charge in [0.05, 0.1) is 0 Å². The van der Waals surface area contributed by atoms with Gasteiger partial charge in [0, 0.05) is 47.0 Å². The molecule has 0 unspecified atom stereocenters. The van der Waals surface area contributed by atoms with Gasteiger partial charge in [-0.2, -0.15) is 12.1 Å². The second-order valence-corrected chi connectivity index (χ2v) is 22.0. The van der Waals surface area contributed by atoms with Gasteiger partial charge < -0.3 is 9.30 Å². The molecule has 6 heteroatoms. The van der Waals surface area contributed by atoms with E-state index in [4.69, 9.17) is 9.72 Å². The van der Waals surface area contributed by atoms with Gasteiger partial charge in [0.1, 0.15) is 11.5 Å². The maximum Gasteiger partial charge on any atom is 2.00 e. The molecule has 2 aromatic heterocycles. The van der Waals surface area contributed by atoms with E-state index in [-0.39, 0.29) is 48.1 Å². The van der Waals surface area contributed by atoms with Crippen molar-refractivity contribution < 1.29 is 25.8 Å². The SMILES string of the molecule is CC(C)(C)c1cc([N+]2=C=[N+](c3[c-]c(Oc4[c-]c5c(cc4)c4cc(C(C)(C)C)ccc4n5-c4cc(C(C)(C)C)ccn4)ccc3)c3cccc(C(C)(C)C)c32)cc(C(C)(C)C)c1.[Pt+2]. The van der Waals surface area contributed by atoms with Gasteiger partial charge >= 0.3 is 32.8 Å². The molecule has 320 valence electrons. The van der Waals surface area contributed by atoms with E-state index < -0.39 is 0 Å². The first-order chi connectivity index (χ1) is 28.4. The molecule has 0 atom stereocenters. The van der Waals surface area contributed by atoms with E-state index in [9.17, 15) is 0 Å². The van der Waals surface area contributed by atoms with Gasteiger partial charge in [-0.1, -0.05) is 156 Å². The molecule has 3 heterocycles. The zero-order chi connectivity index (χ0) is 44.0. The number of hydrogen-bond acceptors (Lipinski definition) is 2. The van der Waals surface area contributed by atoms with Crippen molar-refractivity contribution >= 4 is 50.6 Å². The summed E-state index contributed by atoms with van der Waals surface area (Å²) in [6.45, 7) is 34.1. The third-order valence-corrected chi connectivity index (χ3v) is 12.0. The Bertz CT molecular complexity index is 2910. The van der Waals surface area contributed by atoms with Gasteiger partial charge in [-0.15, -0.1) is 23.6 Å². The predicted octanol–water partition coefficient (Wildman–Crippen LogP) is 14.9. The molecule has 5 nitrogen and oxygen atoms in total. The first kappa shape index (κ1) is 45.0. The maximum absolute atomic E-state index is 6.70. The molecule has 62 heavy (non-hydrogen) atoms. The molecular weight excluding hydrogens is 940 g/mol. The van der Waals surface area contributed by atoms with Crippen molar-refractivity contribution in [3.05, 3.63) is 143 Å². The van der Waals surface area contributed by atoms with Crippen LogP contribution in [0, 0.1) is 12.1 Å². The Morgan fingerprint density at radius 3 is 1.79 bits per heavy atom. The number of nitrogens with zero attached hydrogens (tertiary/aromatic N) is 4. The van der Waals surface area contributed by atoms with Crippen LogP contribution in [0.2, 0.25) is 0 Å². The fraction of sp³-hybridized carbons (Fsp3) is 0.357. The van der Waals surface area contributed by atoms with Gasteiger partial charge in [0.2, 0.25) is 5.69 Å². The summed E-state index contributed by atoms with van der Waals surface area (Å²) in [5.41, 5.74) is 12.3. The Labute approximate surface area is 384 Å². The number of rotatable bonds is 5. The maximum atomic E-state index is 6.70. The van der Waals surface area contributed by atoms with Crippen LogP contribution in [-0.2, 0) is 48.1 Å². The second-order valence-electron chi connectivity index (χ2n) is 22.0. The van der Waals surface area contributed by atoms with Crippen molar-refractivity contribution in [2.45, 2.75) is 131 Å². The van der Waals surface area contributed by atoms with Crippen LogP contribution in [-0.4, -0.2) is 15.6 Å². The number of pyridine rings is 1. The summed E-state index contributed by atoms with van der Waals surface area (Å²) in [6, 6.07) is 46.1. The molecule has 0 saturated carbocycles. The Kier molecular flexibility index (Phi) is 11.3. The van der Waals surface area contributed by atoms with Crippen molar-refractivity contribution in [2.24, 2.45) is 0 Å². The van der Waals surface area contributed by atoms with E-state index in [1.807, 2.05) is 24.4 Å². The number of aromatic nitrogens is 2. The van der Waals surface area contributed by atoms with Crippen molar-refractivity contribution in [1.82, 2.24) is 18.7 Å². The molecule has 7 aromatic rings. The Hall–Kier alpha value is -5.08. The standard InChI is InChI=1S/C56H62N4O.Pt/c1-52(2,3)36-22-25-47-45(31-36)44-24-23-43(34-49(44)60(47)50-32-37(26-27-57-50)53(4,5)6)61-42-19-16-18-40(33-42)58-35-59(51-46(56(13,14)15)20-17-21-48(51)58)41-29-38(54(7,8)9)28-39(30-41)55(10,11)12;/h16-32H,1-15H3;/q;+2. The van der Waals surface area contributed by atoms with Gasteiger partial charge in [0.15, 0.2) is 0 Å². The summed E-state index contributed by atoms with van der Waals surface area (Å²) in [5, 5.41) is 2.27. The smallest absolute Gasteiger partial charge is 0.509 e. The minimum atomic E-state index is -0.112. The van der Waals surface area contributed by atoms with Crippen molar-refractivity contribution in [1.29, 1.82) is 0 Å². The van der Waals surface area contributed by atoms with Crippen LogP contribution in [0.4, 0.5) is 22.7 Å². The quantitative estimate of drug-likeness (QED) is 0.127. The molecule has 1 aliphatic rings. The van der Waals surface area contributed by atoms with Crippen LogP contribution in [0.3, 0.4) is 0 Å². The second kappa shape index (κ2) is 15.6. The van der Waals surface area contributed by atoms with E-state index in [0.717, 1.165) is 45.0 Å². The summed E-state index contributed by atoms with van der Waals surface area (Å²) in [5.74, 6) is 2.06. The van der Waals surface area contributed by atoms with Crippen LogP contribution in [0.15, 0.2) is 103 Å². The van der Waals surface area contributed by atoms with Crippen LogP contribution in [0.1, 0.15) is 132 Å². The molecule has 0 bridgehead atoms. The topological polar surface area (TPSA) is 33.1 Å². The van der Waals surface area contributed by atoms with Crippen LogP contribution in [0.5, 0.6) is 11.5 Å². The number of fused-ring (bicyclic) bond motifs is 4. The van der Waals surface area contributed by atoms with Crippen LogP contribution < -0.4 is 13.9 Å². The fourth-order valence-electron chi connectivity index (χ4n) is 8.17. The van der Waals surface area contributed by atoms with Gasteiger partial charge in [0.25, 0.3) is 5.69 Å². The Morgan fingerprint density at radius 1 is 0.548 bits per heavy atom. The molecule has 0 spiro atoms. The average molecular weight is 1000 g/mol. The van der Waals surface area contributed by atoms with E-state index in [1.54, 1.807) is 0 Å². The summed E-state index contributed by atoms with van der Waals surface area (Å²) in [6.07, 6.45) is 1.92. The Morgan fingerprint density at radius 2 is 1.16 bits per heavy atom. The number of ether oxygens (including phenoxy) is 1. The van der Waals surface area contributed by atoms with Crippen LogP contribution >= 0.6 is 0 Å². The molecule has 0 amide bonds. The number of hydrogen-bond donors (Lipinski definition) is 0. The molecule has 8 rings (SSSR count). The van der Waals surface area contributed by atoms with Crippen molar-refractivity contribution in [3.63, 3.8) is 0 Å². The molecule has 0 fully saturated rings. The average Bonchev–Trinajstić information content (AvgIpc) is 3.72. The molecule has 0 N–H and O–H groups in total. The molecular formula is C56H62N4OPt+2. The first-order valence-corrected chi connectivity index (χ1v) is 21.7. The van der Waals surface area contributed by atoms with E-state index in [1.165, 1.54) is 33.2 Å². The normalized spacial score (nSPS) is 13.5. The third-order valence-electron chi connectivity index (χ3n) is 12.0. The fourth-order valence-corrected chi connectivity index (χ4v) is 8.17. The first-order valence-electron chi connectivity index (χ1n) is 21.7. The van der Waals surface area contributed by atoms with Gasteiger partial charge in [-0.05, 0) is 77.5 Å². The number of para-hydroxylation sites is 1. The van der Waals surface area contributed by atoms with Gasteiger partial charge in [-0.25, -0.2) is 4.98 Å². The summed E-state index contributed by atoms with van der Waals surface area (Å²) < 4.78 is 13.3. The monoisotopic (exact) mass is 1000 g/mol. The van der Waals surface area contributed by atoms with E-state index >= 15 is 0 Å². The molecule has 1 aliphatic heterocycles. The van der Waals surface area contributed by atoms with E-state index in [2.05, 4.69) is 215 Å². The van der Waals surface area contributed by atoms with Crippen molar-refractivity contribution in [2.75, 3.05) is 0 Å². The largest absolute Gasteiger partial charge is 2.00 e. The summed E-state index contributed by atoms with van der Waals surface area (Å²) in [4.78, 5) is 4.92. The minimum absolute atomic E-state index is 0. The third kappa shape index (κ3) is 8.52. The summed E-state index contributed by atoms with van der Waals surface area (Å²) >= 11 is 0. The Balaban J connectivity index is 0.00000578. The minimum Gasteiger partial charge on any atom is -0.509 e. The van der Waals surface area contributed by atoms with Gasteiger partial charge in [-0.3, -0.25) is 0 Å². The predicted molar refractivity (Wildman–Crippen MR) is 257 cm³/mol. The van der Waals surface area contributed by atoms with Crippen molar-refractivity contribution in [3.8, 4) is 17.3 Å². The summed E-state index contributed by atoms with van der Waals surface area (Å²) in [7, 11) is 0. The zero-order valence-electron chi connectivity index (χ0n) is 39.3. The number of benzene rings is 5. The van der Waals surface area contributed by atoms with Crippen LogP contribution in [0.25, 0.3) is 27.6 Å². The zero-order valence-corrected chi connectivity index (χ0v) is 41.6. The molecule has 5 aromatic carbocycles. The molecule has 0 saturated heterocycles. The molecule has 0 aliphatic carbocycles. The molecule has 0 radical (unpaired) electrons. The van der Waals surface area contributed by atoms with E-state index in [0.29, 0.717) is 11.5 Å².